The highest BCUT2D eigenvalue weighted by Gasteiger charge is 2.11. The van der Waals surface area contributed by atoms with Gasteiger partial charge in [0.05, 0.1) is 0 Å². The molecule has 2 aromatic carbocycles. The van der Waals surface area contributed by atoms with Gasteiger partial charge in [-0.25, -0.2) is 9.78 Å². The highest BCUT2D eigenvalue weighted by Crippen LogP contribution is 2.29. The number of nitrogens with zero attached hydrogens (tertiary/aromatic N) is 1. The second-order valence-corrected chi connectivity index (χ2v) is 4.59. The average Bonchev–Trinajstić information content (AvgIpc) is 2.93. The summed E-state index contributed by atoms with van der Waals surface area (Å²) in [7, 11) is 0. The zero-order valence-electron chi connectivity index (χ0n) is 11.5. The first kappa shape index (κ1) is 13.1. The molecule has 3 aromatic rings. The molecule has 0 saturated heterocycles. The summed E-state index contributed by atoms with van der Waals surface area (Å²) in [5.74, 6) is 0.472. The molecular formula is C17H13NO3. The van der Waals surface area contributed by atoms with Crippen LogP contribution in [0.25, 0.3) is 22.6 Å². The molecule has 104 valence electrons. The predicted octanol–water partition coefficient (Wildman–Crippen LogP) is 3.89. The van der Waals surface area contributed by atoms with Gasteiger partial charge in [-0.3, -0.25) is 0 Å². The molecule has 0 radical (unpaired) electrons. The third-order valence-corrected chi connectivity index (χ3v) is 3.11. The number of ether oxygens (including phenoxy) is 1. The lowest BCUT2D eigenvalue weighted by Gasteiger charge is -2.06. The minimum atomic E-state index is -0.493. The monoisotopic (exact) mass is 279 g/mol. The van der Waals surface area contributed by atoms with E-state index < -0.39 is 5.97 Å². The quantitative estimate of drug-likeness (QED) is 0.414. The molecule has 4 nitrogen and oxygen atoms in total. The molecule has 1 aromatic heterocycles. The maximum absolute atomic E-state index is 11.3. The van der Waals surface area contributed by atoms with Crippen molar-refractivity contribution < 1.29 is 13.9 Å². The molecule has 0 spiro atoms. The summed E-state index contributed by atoms with van der Waals surface area (Å²) in [6.45, 7) is 5.25. The van der Waals surface area contributed by atoms with Crippen molar-refractivity contribution in [3.63, 3.8) is 0 Å². The van der Waals surface area contributed by atoms with Gasteiger partial charge in [-0.2, -0.15) is 0 Å². The Morgan fingerprint density at radius 1 is 1.29 bits per heavy atom. The molecule has 0 aliphatic rings. The van der Waals surface area contributed by atoms with E-state index in [-0.39, 0.29) is 0 Å². The van der Waals surface area contributed by atoms with Crippen molar-refractivity contribution in [3.05, 3.63) is 60.7 Å². The lowest BCUT2D eigenvalue weighted by atomic mass is 10.1. The average molecular weight is 279 g/mol. The molecule has 0 atom stereocenters. The molecule has 21 heavy (non-hydrogen) atoms. The van der Waals surface area contributed by atoms with E-state index in [1.807, 2.05) is 43.3 Å². The number of esters is 1. The maximum atomic E-state index is 11.3. The van der Waals surface area contributed by atoms with Crippen LogP contribution in [-0.4, -0.2) is 11.0 Å². The number of carbonyl (C=O) groups is 1. The van der Waals surface area contributed by atoms with E-state index in [2.05, 4.69) is 11.6 Å². The van der Waals surface area contributed by atoms with E-state index in [1.165, 1.54) is 0 Å². The summed E-state index contributed by atoms with van der Waals surface area (Å²) >= 11 is 0. The predicted molar refractivity (Wildman–Crippen MR) is 80.0 cm³/mol. The van der Waals surface area contributed by atoms with Gasteiger partial charge in [-0.05, 0) is 36.8 Å². The van der Waals surface area contributed by atoms with Crippen molar-refractivity contribution in [2.75, 3.05) is 0 Å². The zero-order chi connectivity index (χ0) is 14.8. The molecule has 0 aliphatic carbocycles. The van der Waals surface area contributed by atoms with Crippen LogP contribution in [0.4, 0.5) is 0 Å². The summed E-state index contributed by atoms with van der Waals surface area (Å²) in [6, 6.07) is 13.0. The molecule has 3 rings (SSSR count). The molecular weight excluding hydrogens is 266 g/mol. The number of hydrogen-bond donors (Lipinski definition) is 0. The van der Waals surface area contributed by atoms with E-state index >= 15 is 0 Å². The Hall–Kier alpha value is -2.88. The lowest BCUT2D eigenvalue weighted by Crippen LogP contribution is -2.04. The van der Waals surface area contributed by atoms with Crippen LogP contribution in [0.3, 0.4) is 0 Å². The topological polar surface area (TPSA) is 52.3 Å². The Kier molecular flexibility index (Phi) is 3.28. The largest absolute Gasteiger partial charge is 0.436 e. The highest BCUT2D eigenvalue weighted by atomic mass is 16.5. The third-order valence-electron chi connectivity index (χ3n) is 3.11. The van der Waals surface area contributed by atoms with Crippen molar-refractivity contribution in [2.45, 2.75) is 6.92 Å². The standard InChI is InChI=1S/C17H13NO3/c1-3-16(19)20-15-10-12(9-8-11(15)2)17-18-13-6-4-5-7-14(13)21-17/h3-10H,1H2,2H3. The molecule has 1 heterocycles. The van der Waals surface area contributed by atoms with Crippen LogP contribution in [0.15, 0.2) is 59.5 Å². The minimum absolute atomic E-state index is 0.472. The van der Waals surface area contributed by atoms with Crippen LogP contribution in [0.2, 0.25) is 0 Å². The van der Waals surface area contributed by atoms with Crippen LogP contribution < -0.4 is 4.74 Å². The van der Waals surface area contributed by atoms with Crippen molar-refractivity contribution in [1.29, 1.82) is 0 Å². The summed E-state index contributed by atoms with van der Waals surface area (Å²) in [6.07, 6.45) is 1.13. The van der Waals surface area contributed by atoms with Crippen LogP contribution in [0.1, 0.15) is 5.56 Å². The van der Waals surface area contributed by atoms with E-state index in [1.54, 1.807) is 6.07 Å². The lowest BCUT2D eigenvalue weighted by molar-refractivity contribution is -0.129. The van der Waals surface area contributed by atoms with Crippen molar-refractivity contribution >= 4 is 17.1 Å². The number of fused-ring (bicyclic) bond motifs is 1. The van der Waals surface area contributed by atoms with E-state index in [4.69, 9.17) is 9.15 Å². The number of rotatable bonds is 3. The summed E-state index contributed by atoms with van der Waals surface area (Å²) < 4.78 is 10.9. The minimum Gasteiger partial charge on any atom is -0.436 e. The van der Waals surface area contributed by atoms with Gasteiger partial charge in [0.15, 0.2) is 5.58 Å². The SMILES string of the molecule is C=CC(=O)Oc1cc(-c2nc3ccccc3o2)ccc1C. The van der Waals surface area contributed by atoms with Crippen LogP contribution in [0, 0.1) is 6.92 Å². The Labute approximate surface area is 121 Å². The fraction of sp³-hybridized carbons (Fsp3) is 0.0588. The maximum Gasteiger partial charge on any atom is 0.335 e. The number of carbonyl (C=O) groups excluding carboxylic acids is 1. The third kappa shape index (κ3) is 2.56. The summed E-state index contributed by atoms with van der Waals surface area (Å²) in [5, 5.41) is 0. The number of hydrogen-bond acceptors (Lipinski definition) is 4. The first-order valence-electron chi connectivity index (χ1n) is 6.48. The zero-order valence-corrected chi connectivity index (χ0v) is 11.5. The molecule has 4 heteroatoms. The van der Waals surface area contributed by atoms with Gasteiger partial charge in [0.25, 0.3) is 0 Å². The second kappa shape index (κ2) is 5.25. The molecule has 0 saturated carbocycles. The van der Waals surface area contributed by atoms with Gasteiger partial charge >= 0.3 is 5.97 Å². The van der Waals surface area contributed by atoms with Crippen LogP contribution in [-0.2, 0) is 4.79 Å². The summed E-state index contributed by atoms with van der Waals surface area (Å²) in [4.78, 5) is 15.8. The molecule has 0 unspecified atom stereocenters. The second-order valence-electron chi connectivity index (χ2n) is 4.59. The van der Waals surface area contributed by atoms with Gasteiger partial charge < -0.3 is 9.15 Å². The van der Waals surface area contributed by atoms with Crippen molar-refractivity contribution in [1.82, 2.24) is 4.98 Å². The van der Waals surface area contributed by atoms with Gasteiger partial charge in [-0.1, -0.05) is 24.8 Å². The van der Waals surface area contributed by atoms with E-state index in [0.717, 1.165) is 28.3 Å². The number of para-hydroxylation sites is 2. The Morgan fingerprint density at radius 3 is 2.86 bits per heavy atom. The molecule has 0 fully saturated rings. The molecule has 0 N–H and O–H groups in total. The first-order valence-corrected chi connectivity index (χ1v) is 6.48. The van der Waals surface area contributed by atoms with Gasteiger partial charge in [0.2, 0.25) is 5.89 Å². The van der Waals surface area contributed by atoms with Gasteiger partial charge in [0.1, 0.15) is 11.3 Å². The fourth-order valence-corrected chi connectivity index (χ4v) is 1.99. The Bertz CT molecular complexity index is 800. The van der Waals surface area contributed by atoms with E-state index in [9.17, 15) is 4.79 Å². The number of oxazole rings is 1. The number of aromatic nitrogens is 1. The van der Waals surface area contributed by atoms with Crippen molar-refractivity contribution in [2.24, 2.45) is 0 Å². The smallest absolute Gasteiger partial charge is 0.335 e. The van der Waals surface area contributed by atoms with Gasteiger partial charge in [-0.15, -0.1) is 0 Å². The van der Waals surface area contributed by atoms with E-state index in [0.29, 0.717) is 11.6 Å². The molecule has 0 bridgehead atoms. The van der Waals surface area contributed by atoms with Crippen molar-refractivity contribution in [3.8, 4) is 17.2 Å². The Morgan fingerprint density at radius 2 is 2.10 bits per heavy atom. The van der Waals surface area contributed by atoms with Gasteiger partial charge in [0, 0.05) is 11.6 Å². The first-order chi connectivity index (χ1) is 10.2. The summed E-state index contributed by atoms with van der Waals surface area (Å²) in [5.41, 5.74) is 3.11. The highest BCUT2D eigenvalue weighted by molar-refractivity contribution is 5.84. The van der Waals surface area contributed by atoms with Crippen LogP contribution >= 0.6 is 0 Å². The number of benzene rings is 2. The molecule has 0 aliphatic heterocycles. The normalized spacial score (nSPS) is 10.5. The number of aryl methyl sites for hydroxylation is 1. The van der Waals surface area contributed by atoms with Crippen LogP contribution in [0.5, 0.6) is 5.75 Å². The fourth-order valence-electron chi connectivity index (χ4n) is 1.99. The molecule has 0 amide bonds. The Balaban J connectivity index is 2.03.